The Kier molecular flexibility index (Phi) is 5.78. The van der Waals surface area contributed by atoms with E-state index in [1.807, 2.05) is 6.92 Å². The third kappa shape index (κ3) is 4.25. The first-order valence-corrected chi connectivity index (χ1v) is 11.3. The number of amides is 2. The highest BCUT2D eigenvalue weighted by Gasteiger charge is 2.51. The summed E-state index contributed by atoms with van der Waals surface area (Å²) in [6.07, 6.45) is 8.08. The third-order valence-corrected chi connectivity index (χ3v) is 7.39. The maximum atomic E-state index is 12.6. The molecule has 0 saturated heterocycles. The van der Waals surface area contributed by atoms with E-state index in [9.17, 15) is 9.59 Å². The lowest BCUT2D eigenvalue weighted by Gasteiger charge is -2.56. The summed E-state index contributed by atoms with van der Waals surface area (Å²) in [6, 6.07) is 3.27. The van der Waals surface area contributed by atoms with E-state index in [0.717, 1.165) is 17.8 Å². The molecule has 0 heterocycles. The van der Waals surface area contributed by atoms with Gasteiger partial charge in [-0.2, -0.15) is 0 Å². The molecule has 2 amide bonds. The number of methoxy groups -OCH3 is 1. The number of hydrazine groups is 1. The van der Waals surface area contributed by atoms with Gasteiger partial charge in [-0.1, -0.05) is 0 Å². The van der Waals surface area contributed by atoms with Crippen molar-refractivity contribution in [2.75, 3.05) is 13.7 Å². The van der Waals surface area contributed by atoms with E-state index >= 15 is 0 Å². The average molecular weight is 465 g/mol. The van der Waals surface area contributed by atoms with Gasteiger partial charge in [-0.15, -0.1) is 0 Å². The number of benzene rings is 1. The molecule has 4 bridgehead atoms. The largest absolute Gasteiger partial charge is 0.493 e. The molecule has 0 radical (unpaired) electrons. The summed E-state index contributed by atoms with van der Waals surface area (Å²) >= 11 is 3.42. The summed E-state index contributed by atoms with van der Waals surface area (Å²) in [4.78, 5) is 25.2. The van der Waals surface area contributed by atoms with Crippen molar-refractivity contribution in [1.82, 2.24) is 10.9 Å². The minimum absolute atomic E-state index is 0.0998. The number of ether oxygens (including phenoxy) is 2. The molecule has 2 N–H and O–H groups in total. The Morgan fingerprint density at radius 2 is 1.72 bits per heavy atom. The maximum Gasteiger partial charge on any atom is 0.269 e. The van der Waals surface area contributed by atoms with Crippen LogP contribution in [-0.4, -0.2) is 25.5 Å². The number of rotatable bonds is 6. The molecule has 4 aliphatic rings. The van der Waals surface area contributed by atoms with Crippen LogP contribution < -0.4 is 20.3 Å². The first-order chi connectivity index (χ1) is 13.9. The highest BCUT2D eigenvalue weighted by Crippen LogP contribution is 2.61. The first-order valence-electron chi connectivity index (χ1n) is 10.5. The average Bonchev–Trinajstić information content (AvgIpc) is 2.66. The number of carbonyl (C=O) groups is 2. The van der Waals surface area contributed by atoms with Crippen molar-refractivity contribution in [2.45, 2.75) is 51.9 Å². The zero-order chi connectivity index (χ0) is 20.6. The Morgan fingerprint density at radius 3 is 2.28 bits per heavy atom. The van der Waals surface area contributed by atoms with Gasteiger partial charge in [0, 0.05) is 12.0 Å². The number of hydrogen-bond donors (Lipinski definition) is 2. The molecule has 0 spiro atoms. The van der Waals surface area contributed by atoms with E-state index in [1.54, 1.807) is 12.1 Å². The van der Waals surface area contributed by atoms with Crippen LogP contribution in [0.1, 0.15) is 62.2 Å². The highest BCUT2D eigenvalue weighted by molar-refractivity contribution is 9.10. The van der Waals surface area contributed by atoms with Crippen molar-refractivity contribution in [1.29, 1.82) is 0 Å². The molecule has 6 nitrogen and oxygen atoms in total. The maximum absolute atomic E-state index is 12.6. The van der Waals surface area contributed by atoms with Crippen molar-refractivity contribution >= 4 is 27.7 Å². The predicted molar refractivity (Wildman–Crippen MR) is 113 cm³/mol. The molecule has 0 aromatic heterocycles. The second kappa shape index (κ2) is 8.17. The summed E-state index contributed by atoms with van der Waals surface area (Å²) in [5.74, 6) is 2.94. The lowest BCUT2D eigenvalue weighted by molar-refractivity contribution is -0.130. The van der Waals surface area contributed by atoms with Gasteiger partial charge >= 0.3 is 0 Å². The number of nitrogens with one attached hydrogen (secondary N) is 2. The number of carbonyl (C=O) groups excluding carboxylic acids is 2. The zero-order valence-electron chi connectivity index (χ0n) is 17.1. The van der Waals surface area contributed by atoms with Crippen LogP contribution >= 0.6 is 15.9 Å². The summed E-state index contributed by atoms with van der Waals surface area (Å²) in [7, 11) is 1.53. The van der Waals surface area contributed by atoms with Gasteiger partial charge in [-0.25, -0.2) is 0 Å². The molecule has 4 fully saturated rings. The molecule has 1 aromatic carbocycles. The van der Waals surface area contributed by atoms with Gasteiger partial charge in [0.25, 0.3) is 5.91 Å². The monoisotopic (exact) mass is 464 g/mol. The van der Waals surface area contributed by atoms with Crippen LogP contribution in [0.3, 0.4) is 0 Å². The molecule has 158 valence electrons. The van der Waals surface area contributed by atoms with Gasteiger partial charge in [0.1, 0.15) is 0 Å². The van der Waals surface area contributed by atoms with Crippen LogP contribution in [-0.2, 0) is 4.79 Å². The SMILES string of the molecule is CCOc1c(Br)cc(C(=O)NNC(=O)CC23CC4CC(CC(C4)C2)C3)cc1OC. The summed E-state index contributed by atoms with van der Waals surface area (Å²) in [5.41, 5.74) is 5.71. The van der Waals surface area contributed by atoms with E-state index in [0.29, 0.717) is 34.6 Å². The van der Waals surface area contributed by atoms with Gasteiger partial charge in [0.05, 0.1) is 18.2 Å². The second-order valence-corrected chi connectivity index (χ2v) is 9.87. The van der Waals surface area contributed by atoms with Gasteiger partial charge in [0.2, 0.25) is 5.91 Å². The van der Waals surface area contributed by atoms with E-state index in [4.69, 9.17) is 9.47 Å². The molecule has 4 saturated carbocycles. The Hall–Kier alpha value is -1.76. The molecule has 0 aliphatic heterocycles. The highest BCUT2D eigenvalue weighted by atomic mass is 79.9. The third-order valence-electron chi connectivity index (χ3n) is 6.80. The van der Waals surface area contributed by atoms with Gasteiger partial charge < -0.3 is 9.47 Å². The Bertz CT molecular complexity index is 775. The molecule has 1 aromatic rings. The van der Waals surface area contributed by atoms with Crippen LogP contribution in [0.15, 0.2) is 16.6 Å². The molecule has 0 unspecified atom stereocenters. The lowest BCUT2D eigenvalue weighted by Crippen LogP contribution is -2.50. The van der Waals surface area contributed by atoms with E-state index < -0.39 is 0 Å². The van der Waals surface area contributed by atoms with Crippen LogP contribution in [0.5, 0.6) is 11.5 Å². The second-order valence-electron chi connectivity index (χ2n) is 9.02. The fraction of sp³-hybridized carbons (Fsp3) is 0.636. The number of halogens is 1. The first kappa shape index (κ1) is 20.5. The number of hydrogen-bond acceptors (Lipinski definition) is 4. The van der Waals surface area contributed by atoms with Gasteiger partial charge in [-0.3, -0.25) is 20.4 Å². The normalized spacial score (nSPS) is 29.4. The van der Waals surface area contributed by atoms with Gasteiger partial charge in [0.15, 0.2) is 11.5 Å². The van der Waals surface area contributed by atoms with Gasteiger partial charge in [-0.05, 0) is 96.7 Å². The quantitative estimate of drug-likeness (QED) is 0.617. The van der Waals surface area contributed by atoms with Crippen molar-refractivity contribution in [2.24, 2.45) is 23.2 Å². The van der Waals surface area contributed by atoms with Crippen molar-refractivity contribution in [3.05, 3.63) is 22.2 Å². The van der Waals surface area contributed by atoms with E-state index in [-0.39, 0.29) is 17.2 Å². The van der Waals surface area contributed by atoms with Crippen molar-refractivity contribution in [3.63, 3.8) is 0 Å². The van der Waals surface area contributed by atoms with Crippen LogP contribution in [0.2, 0.25) is 0 Å². The fourth-order valence-electron chi connectivity index (χ4n) is 6.23. The summed E-state index contributed by atoms with van der Waals surface area (Å²) in [5, 5.41) is 0. The molecule has 5 rings (SSSR count). The van der Waals surface area contributed by atoms with E-state index in [1.165, 1.54) is 45.6 Å². The lowest BCUT2D eigenvalue weighted by atomic mass is 9.49. The Morgan fingerprint density at radius 1 is 1.10 bits per heavy atom. The minimum Gasteiger partial charge on any atom is -0.493 e. The molecule has 4 aliphatic carbocycles. The Balaban J connectivity index is 1.36. The van der Waals surface area contributed by atoms with E-state index in [2.05, 4.69) is 26.8 Å². The zero-order valence-corrected chi connectivity index (χ0v) is 18.6. The predicted octanol–water partition coefficient (Wildman–Crippen LogP) is 4.22. The molecular weight excluding hydrogens is 436 g/mol. The van der Waals surface area contributed by atoms with Crippen LogP contribution in [0, 0.1) is 23.2 Å². The minimum atomic E-state index is -0.383. The topological polar surface area (TPSA) is 76.7 Å². The molecular formula is C22H29BrN2O4. The summed E-state index contributed by atoms with van der Waals surface area (Å²) < 4.78 is 11.5. The molecule has 7 heteroatoms. The fourth-order valence-corrected chi connectivity index (χ4v) is 6.78. The van der Waals surface area contributed by atoms with Crippen LogP contribution in [0.4, 0.5) is 0 Å². The standard InChI is InChI=1S/C22H29BrN2O4/c1-3-29-20-17(23)7-16(8-18(20)28-2)21(27)25-24-19(26)12-22-9-13-4-14(10-22)6-15(5-13)11-22/h7-8,13-15H,3-6,9-12H2,1-2H3,(H,24,26)(H,25,27). The van der Waals surface area contributed by atoms with Crippen molar-refractivity contribution < 1.29 is 19.1 Å². The smallest absolute Gasteiger partial charge is 0.269 e. The summed E-state index contributed by atoms with van der Waals surface area (Å²) in [6.45, 7) is 2.37. The van der Waals surface area contributed by atoms with Crippen molar-refractivity contribution in [3.8, 4) is 11.5 Å². The Labute approximate surface area is 180 Å². The molecule has 29 heavy (non-hydrogen) atoms. The molecule has 0 atom stereocenters. The van der Waals surface area contributed by atoms with Crippen LogP contribution in [0.25, 0.3) is 0 Å².